The van der Waals surface area contributed by atoms with Crippen LogP contribution in [0, 0.1) is 5.92 Å². The van der Waals surface area contributed by atoms with Gasteiger partial charge < -0.3 is 15.3 Å². The van der Waals surface area contributed by atoms with Crippen molar-refractivity contribution in [1.82, 2.24) is 10.2 Å². The normalized spacial score (nSPS) is 20.1. The molecular weight excluding hydrogens is 244 g/mol. The number of carboxylic acid groups (broad SMARTS) is 1. The summed E-state index contributed by atoms with van der Waals surface area (Å²) in [5, 5.41) is 11.8. The number of rotatable bonds is 3. The van der Waals surface area contributed by atoms with Gasteiger partial charge in [-0.2, -0.15) is 0 Å². The summed E-state index contributed by atoms with van der Waals surface area (Å²) in [5.74, 6) is -0.303. The Kier molecular flexibility index (Phi) is 4.04. The fraction of sp³-hybridized carbons (Fsp3) is 0.429. The van der Waals surface area contributed by atoms with Crippen LogP contribution in [0.3, 0.4) is 0 Å². The Morgan fingerprint density at radius 3 is 2.63 bits per heavy atom. The van der Waals surface area contributed by atoms with Crippen LogP contribution in [-0.2, 0) is 4.79 Å². The van der Waals surface area contributed by atoms with E-state index in [4.69, 9.17) is 5.11 Å². The summed E-state index contributed by atoms with van der Waals surface area (Å²) in [5.41, 5.74) is 1.05. The van der Waals surface area contributed by atoms with Crippen molar-refractivity contribution in [3.8, 4) is 0 Å². The topological polar surface area (TPSA) is 69.6 Å². The SMILES string of the molecule is C[C@@H](NC(=O)C1CCN(C(=O)O)C1)c1ccccc1. The molecule has 102 valence electrons. The van der Waals surface area contributed by atoms with E-state index in [1.165, 1.54) is 4.90 Å². The third kappa shape index (κ3) is 3.24. The van der Waals surface area contributed by atoms with E-state index in [2.05, 4.69) is 5.32 Å². The first kappa shape index (κ1) is 13.4. The maximum absolute atomic E-state index is 12.1. The van der Waals surface area contributed by atoms with E-state index >= 15 is 0 Å². The van der Waals surface area contributed by atoms with Crippen molar-refractivity contribution in [1.29, 1.82) is 0 Å². The summed E-state index contributed by atoms with van der Waals surface area (Å²) in [4.78, 5) is 24.2. The maximum atomic E-state index is 12.1. The Balaban J connectivity index is 1.90. The number of nitrogens with one attached hydrogen (secondary N) is 1. The highest BCUT2D eigenvalue weighted by Gasteiger charge is 2.31. The molecule has 1 unspecified atom stereocenters. The van der Waals surface area contributed by atoms with E-state index in [0.717, 1.165) is 5.56 Å². The number of benzene rings is 1. The van der Waals surface area contributed by atoms with E-state index in [1.807, 2.05) is 37.3 Å². The largest absolute Gasteiger partial charge is 0.465 e. The summed E-state index contributed by atoms with van der Waals surface area (Å²) < 4.78 is 0. The molecule has 0 bridgehead atoms. The summed E-state index contributed by atoms with van der Waals surface area (Å²) in [7, 11) is 0. The summed E-state index contributed by atoms with van der Waals surface area (Å²) in [6.45, 7) is 2.66. The van der Waals surface area contributed by atoms with Crippen LogP contribution >= 0.6 is 0 Å². The van der Waals surface area contributed by atoms with Crippen molar-refractivity contribution in [3.05, 3.63) is 35.9 Å². The molecule has 19 heavy (non-hydrogen) atoms. The van der Waals surface area contributed by atoms with Crippen molar-refractivity contribution in [2.24, 2.45) is 5.92 Å². The number of hydrogen-bond acceptors (Lipinski definition) is 2. The predicted molar refractivity (Wildman–Crippen MR) is 70.7 cm³/mol. The molecule has 1 heterocycles. The van der Waals surface area contributed by atoms with Crippen molar-refractivity contribution < 1.29 is 14.7 Å². The van der Waals surface area contributed by atoms with Gasteiger partial charge in [-0.05, 0) is 18.9 Å². The van der Waals surface area contributed by atoms with Gasteiger partial charge in [0, 0.05) is 13.1 Å². The molecule has 2 rings (SSSR count). The Hall–Kier alpha value is -2.04. The molecule has 1 aromatic rings. The van der Waals surface area contributed by atoms with Crippen LogP contribution in [0.4, 0.5) is 4.79 Å². The van der Waals surface area contributed by atoms with Gasteiger partial charge >= 0.3 is 6.09 Å². The average Bonchev–Trinajstić information content (AvgIpc) is 2.89. The second-order valence-corrected chi connectivity index (χ2v) is 4.86. The van der Waals surface area contributed by atoms with E-state index in [-0.39, 0.29) is 17.9 Å². The lowest BCUT2D eigenvalue weighted by Gasteiger charge is -2.17. The molecule has 2 N–H and O–H groups in total. The van der Waals surface area contributed by atoms with Crippen LogP contribution < -0.4 is 5.32 Å². The van der Waals surface area contributed by atoms with E-state index < -0.39 is 6.09 Å². The van der Waals surface area contributed by atoms with Gasteiger partial charge in [-0.25, -0.2) is 4.79 Å². The predicted octanol–water partition coefficient (Wildman–Crippen LogP) is 1.86. The van der Waals surface area contributed by atoms with Gasteiger partial charge in [0.1, 0.15) is 0 Å². The van der Waals surface area contributed by atoms with Crippen LogP contribution in [0.15, 0.2) is 30.3 Å². The van der Waals surface area contributed by atoms with Gasteiger partial charge in [0.15, 0.2) is 0 Å². The zero-order valence-electron chi connectivity index (χ0n) is 10.9. The molecule has 5 nitrogen and oxygen atoms in total. The number of nitrogens with zero attached hydrogens (tertiary/aromatic N) is 1. The molecule has 0 radical (unpaired) electrons. The lowest BCUT2D eigenvalue weighted by molar-refractivity contribution is -0.125. The number of hydrogen-bond donors (Lipinski definition) is 2. The molecule has 1 fully saturated rings. The molecular formula is C14H18N2O3. The lowest BCUT2D eigenvalue weighted by atomic mass is 10.1. The minimum absolute atomic E-state index is 0.0624. The average molecular weight is 262 g/mol. The Bertz CT molecular complexity index is 461. The first-order valence-corrected chi connectivity index (χ1v) is 6.41. The summed E-state index contributed by atoms with van der Waals surface area (Å²) in [6, 6.07) is 9.65. The standard InChI is InChI=1S/C14H18N2O3/c1-10(11-5-3-2-4-6-11)15-13(17)12-7-8-16(9-12)14(18)19/h2-6,10,12H,7-9H2,1H3,(H,15,17)(H,18,19)/t10-,12?/m1/s1. The number of carbonyl (C=O) groups excluding carboxylic acids is 1. The molecule has 1 saturated heterocycles. The second-order valence-electron chi connectivity index (χ2n) is 4.86. The summed E-state index contributed by atoms with van der Waals surface area (Å²) in [6.07, 6.45) is -0.356. The maximum Gasteiger partial charge on any atom is 0.407 e. The monoisotopic (exact) mass is 262 g/mol. The number of carbonyl (C=O) groups is 2. The molecule has 5 heteroatoms. The first-order valence-electron chi connectivity index (χ1n) is 6.41. The second kappa shape index (κ2) is 5.73. The van der Waals surface area contributed by atoms with E-state index in [9.17, 15) is 9.59 Å². The van der Waals surface area contributed by atoms with Crippen molar-refractivity contribution in [2.75, 3.05) is 13.1 Å². The van der Waals surface area contributed by atoms with Gasteiger partial charge in [-0.3, -0.25) is 4.79 Å². The highest BCUT2D eigenvalue weighted by atomic mass is 16.4. The molecule has 0 aliphatic carbocycles. The fourth-order valence-corrected chi connectivity index (χ4v) is 2.30. The molecule has 1 aromatic carbocycles. The van der Waals surface area contributed by atoms with Crippen LogP contribution in [-0.4, -0.2) is 35.1 Å². The van der Waals surface area contributed by atoms with Crippen molar-refractivity contribution in [2.45, 2.75) is 19.4 Å². The quantitative estimate of drug-likeness (QED) is 0.873. The smallest absolute Gasteiger partial charge is 0.407 e. The van der Waals surface area contributed by atoms with Gasteiger partial charge in [-0.1, -0.05) is 30.3 Å². The number of likely N-dealkylation sites (tertiary alicyclic amines) is 1. The molecule has 0 saturated carbocycles. The highest BCUT2D eigenvalue weighted by molar-refractivity contribution is 5.80. The Labute approximate surface area is 112 Å². The van der Waals surface area contributed by atoms with Crippen LogP contribution in [0.5, 0.6) is 0 Å². The van der Waals surface area contributed by atoms with Gasteiger partial charge in [-0.15, -0.1) is 0 Å². The van der Waals surface area contributed by atoms with Gasteiger partial charge in [0.25, 0.3) is 0 Å². The Morgan fingerprint density at radius 1 is 1.37 bits per heavy atom. The van der Waals surface area contributed by atoms with Crippen LogP contribution in [0.1, 0.15) is 24.9 Å². The molecule has 2 atom stereocenters. The minimum atomic E-state index is -0.952. The summed E-state index contributed by atoms with van der Waals surface area (Å²) >= 11 is 0. The zero-order valence-corrected chi connectivity index (χ0v) is 10.9. The Morgan fingerprint density at radius 2 is 2.05 bits per heavy atom. The molecule has 1 aliphatic heterocycles. The molecule has 0 aromatic heterocycles. The first-order chi connectivity index (χ1) is 9.08. The van der Waals surface area contributed by atoms with Crippen molar-refractivity contribution >= 4 is 12.0 Å². The third-order valence-electron chi connectivity index (χ3n) is 3.49. The molecule has 0 spiro atoms. The van der Waals surface area contributed by atoms with Gasteiger partial charge in [0.2, 0.25) is 5.91 Å². The lowest BCUT2D eigenvalue weighted by Crippen LogP contribution is -2.35. The van der Waals surface area contributed by atoms with Crippen LogP contribution in [0.25, 0.3) is 0 Å². The van der Waals surface area contributed by atoms with E-state index in [1.54, 1.807) is 0 Å². The number of amides is 2. The fourth-order valence-electron chi connectivity index (χ4n) is 2.30. The molecule has 1 aliphatic rings. The highest BCUT2D eigenvalue weighted by Crippen LogP contribution is 2.18. The molecule has 2 amide bonds. The van der Waals surface area contributed by atoms with Crippen molar-refractivity contribution in [3.63, 3.8) is 0 Å². The minimum Gasteiger partial charge on any atom is -0.465 e. The van der Waals surface area contributed by atoms with Gasteiger partial charge in [0.05, 0.1) is 12.0 Å². The van der Waals surface area contributed by atoms with E-state index in [0.29, 0.717) is 19.5 Å². The zero-order chi connectivity index (χ0) is 13.8. The van der Waals surface area contributed by atoms with Crippen LogP contribution in [0.2, 0.25) is 0 Å². The third-order valence-corrected chi connectivity index (χ3v) is 3.49.